The molecule has 30 heteroatoms. The van der Waals surface area contributed by atoms with Crippen LogP contribution >= 0.6 is 43.2 Å². The highest BCUT2D eigenvalue weighted by Gasteiger charge is 2.09. The Morgan fingerprint density at radius 1 is 0.419 bits per heavy atom. The van der Waals surface area contributed by atoms with Crippen LogP contribution in [0.2, 0.25) is 0 Å². The molecule has 0 unspecified atom stereocenters. The third-order valence-corrected chi connectivity index (χ3v) is 21.9. The van der Waals surface area contributed by atoms with Crippen molar-refractivity contribution in [3.8, 4) is 0 Å². The van der Waals surface area contributed by atoms with Gasteiger partial charge in [0.05, 0.1) is 43.2 Å². The van der Waals surface area contributed by atoms with Gasteiger partial charge in [-0.25, -0.2) is 39.5 Å². The lowest BCUT2D eigenvalue weighted by Gasteiger charge is -2.20. The maximum Gasteiger partial charge on any atom is 0.300 e. The summed E-state index contributed by atoms with van der Waals surface area (Å²) < 4.78 is 75.6. The maximum atomic E-state index is 12.1. The minimum atomic E-state index is -3.92. The van der Waals surface area contributed by atoms with Crippen LogP contribution in [-0.2, 0) is 51.2 Å². The van der Waals surface area contributed by atoms with E-state index in [0.29, 0.717) is 24.4 Å². The third-order valence-electron chi connectivity index (χ3n) is 17.2. The molecule has 3 N–H and O–H groups in total. The van der Waals surface area contributed by atoms with Crippen molar-refractivity contribution in [3.05, 3.63) is 245 Å². The quantitative estimate of drug-likeness (QED) is 0.0106. The molecule has 1 fully saturated rings. The zero-order valence-electron chi connectivity index (χ0n) is 75.3. The predicted molar refractivity (Wildman–Crippen MR) is 527 cm³/mol. The molecule has 1 saturated heterocycles. The maximum absolute atomic E-state index is 12.1. The number of carboxylic acid groups (broad SMARTS) is 1. The van der Waals surface area contributed by atoms with Gasteiger partial charge < -0.3 is 59.1 Å². The van der Waals surface area contributed by atoms with Crippen LogP contribution in [0.3, 0.4) is 0 Å². The largest absolute Gasteiger partial charge is 0.748 e. The van der Waals surface area contributed by atoms with E-state index in [4.69, 9.17) is 35.8 Å². The molecule has 690 valence electrons. The van der Waals surface area contributed by atoms with Gasteiger partial charge in [0.2, 0.25) is 0 Å². The second-order valence-electron chi connectivity index (χ2n) is 29.9. The Bertz CT molecular complexity index is 4070. The minimum absolute atomic E-state index is 0. The molecular weight excluding hydrogens is 1680 g/mol. The number of anilines is 3. The van der Waals surface area contributed by atoms with Crippen molar-refractivity contribution in [2.45, 2.75) is 100 Å². The van der Waals surface area contributed by atoms with Gasteiger partial charge in [0.25, 0.3) is 5.97 Å². The number of aldehydes is 2. The van der Waals surface area contributed by atoms with Crippen LogP contribution in [0.4, 0.5) is 21.5 Å². The SMILES string of the molecule is C.C.C1CCNC1.CC(=O)O.CN(C)CCCN(C)c1ccc(/C=C/c2cc[n+](CCSSCC[n+]3ccc(/C=C/c4ccc(N(C)CCCN(C)C)cc4)cc3)cc2)cc1.CN(C)CCCN(C)c1ccc(C=O)cc1.CNCCCN(C)C.CS(=O)(=O)[O-].CS(=O)(=O)[O-].Cc1cc[n+](CCSSCC[n+]2ccc(C)cc2)cc1.O=Cc1ccc(F)cc1. The molecule has 5 heterocycles. The summed E-state index contributed by atoms with van der Waals surface area (Å²) >= 11 is 0. The Morgan fingerprint density at radius 3 is 0.871 bits per heavy atom. The summed E-state index contributed by atoms with van der Waals surface area (Å²) in [7, 11) is 25.2. The number of aliphatic carboxylic acids is 1. The van der Waals surface area contributed by atoms with E-state index < -0.39 is 26.2 Å². The summed E-state index contributed by atoms with van der Waals surface area (Å²) in [6.45, 7) is 20.8. The Hall–Kier alpha value is -7.92. The number of carbonyl (C=O) groups is 3. The second-order valence-corrected chi connectivity index (χ2v) is 38.1. The third kappa shape index (κ3) is 70.3. The van der Waals surface area contributed by atoms with Gasteiger partial charge in [-0.15, -0.1) is 0 Å². The monoisotopic (exact) mass is 1830 g/mol. The molecule has 124 heavy (non-hydrogen) atoms. The standard InChI is InChI=1S/C42H58N6S2.C16H22N2S2.C13H20N2O.C7H5FO.C6H16N2.C4H9N.C2H4O2.2CH4O3S.2CH4/c1-43(2)25-7-27-45(5)41-17-13-37(14-18-41)9-11-39-21-29-47(30-22-39)33-35-49-50-36-34-48-31-23-40(24-32-48)12-10-38-15-19-42(20-16-38)46(6)28-8-26-44(3)4;1-15-3-7-17(8-4-15)11-13-19-20-14-12-18-9-5-16(2)6-10-18;1-14(2)9-4-10-15(3)13-7-5-12(11-16)6-8-13;8-7-3-1-6(5-9)2-4-7;1-7-5-4-6-8(2)3;1-2-4-5-3-1;1-2(3)4;2*1-5(2,3)4;;/h9-24,29-32H,7-8,25-28,33-36H2,1-6H3;3-10H,11-14H2,1-2H3;5-8,11H,4,9-10H2,1-3H3;1-5H;7H,4-6H2,1-3H3;5H,1-4H2;1H3,(H,3,4);2*1H3,(H,2,3,4);2*1H4/q2*+2;;;;;;;;;/p-2. The summed E-state index contributed by atoms with van der Waals surface area (Å²) in [5.41, 5.74) is 12.4. The van der Waals surface area contributed by atoms with Gasteiger partial charge in [0.15, 0.2) is 75.8 Å². The van der Waals surface area contributed by atoms with E-state index in [1.165, 1.54) is 108 Å². The number of nitrogens with zero attached hydrogens (tertiary/aromatic N) is 11. The minimum Gasteiger partial charge on any atom is -0.748 e. The highest BCUT2D eigenvalue weighted by atomic mass is 33.1. The molecule has 0 bridgehead atoms. The van der Waals surface area contributed by atoms with Crippen molar-refractivity contribution in [3.63, 3.8) is 0 Å². The van der Waals surface area contributed by atoms with Crippen molar-refractivity contribution >= 4 is 123 Å². The zero-order chi connectivity index (χ0) is 90.9. The second kappa shape index (κ2) is 72.1. The average Bonchev–Trinajstić information content (AvgIpc) is 0.976. The van der Waals surface area contributed by atoms with E-state index in [0.717, 1.165) is 139 Å². The molecule has 1 aliphatic rings. The van der Waals surface area contributed by atoms with Crippen LogP contribution in [0.5, 0.6) is 0 Å². The zero-order valence-corrected chi connectivity index (χ0v) is 80.2. The summed E-state index contributed by atoms with van der Waals surface area (Å²) in [5.74, 6) is 3.32. The Balaban J connectivity index is 0. The number of aromatic nitrogens is 4. The van der Waals surface area contributed by atoms with Crippen molar-refractivity contribution in [1.82, 2.24) is 30.2 Å². The molecule has 9 rings (SSSR count). The molecule has 0 amide bonds. The molecule has 0 saturated carbocycles. The van der Waals surface area contributed by atoms with Crippen molar-refractivity contribution in [1.29, 1.82) is 0 Å². The van der Waals surface area contributed by atoms with Crippen LogP contribution in [0.25, 0.3) is 24.3 Å². The van der Waals surface area contributed by atoms with E-state index in [-0.39, 0.29) is 20.7 Å². The van der Waals surface area contributed by atoms with E-state index in [1.807, 2.05) is 74.5 Å². The summed E-state index contributed by atoms with van der Waals surface area (Å²) in [6, 6.07) is 48.1. The Labute approximate surface area is 762 Å². The van der Waals surface area contributed by atoms with Crippen molar-refractivity contribution in [2.24, 2.45) is 0 Å². The topological polar surface area (TPSA) is 248 Å². The fourth-order valence-electron chi connectivity index (χ4n) is 10.5. The van der Waals surface area contributed by atoms with Gasteiger partial charge in [0, 0.05) is 137 Å². The van der Waals surface area contributed by atoms with Gasteiger partial charge >= 0.3 is 0 Å². The average molecular weight is 1830 g/mol. The normalized spacial score (nSPS) is 11.3. The van der Waals surface area contributed by atoms with Crippen molar-refractivity contribution in [2.75, 3.05) is 200 Å². The van der Waals surface area contributed by atoms with E-state index >= 15 is 0 Å². The predicted octanol–water partition coefficient (Wildman–Crippen LogP) is 14.2. The number of halogens is 1. The number of hydrogen-bond acceptors (Lipinski definition) is 22. The molecule has 8 aromatic rings. The van der Waals surface area contributed by atoms with E-state index in [9.17, 15) is 14.0 Å². The number of rotatable bonds is 39. The molecule has 4 aromatic heterocycles. The first-order chi connectivity index (χ1) is 57.9. The lowest BCUT2D eigenvalue weighted by atomic mass is 10.1. The molecule has 0 atom stereocenters. The first kappa shape index (κ1) is 118. The number of carboxylic acids is 1. The molecule has 0 radical (unpaired) electrons. The molecule has 4 aromatic carbocycles. The van der Waals surface area contributed by atoms with Crippen molar-refractivity contribution < 1.29 is 68.1 Å². The first-order valence-electron chi connectivity index (χ1n) is 40.7. The lowest BCUT2D eigenvalue weighted by Crippen LogP contribution is -2.34. The Morgan fingerprint density at radius 2 is 0.645 bits per heavy atom. The number of pyridine rings is 4. The molecule has 23 nitrogen and oxygen atoms in total. The van der Waals surface area contributed by atoms with Gasteiger partial charge in [-0.1, -0.05) is 107 Å². The van der Waals surface area contributed by atoms with E-state index in [2.05, 4.69) is 326 Å². The number of carbonyl (C=O) groups excluding carboxylic acids is 2. The van der Waals surface area contributed by atoms with Gasteiger partial charge in [-0.2, -0.15) is 0 Å². The number of aryl methyl sites for hydroxylation is 6. The molecule has 1 aliphatic heterocycles. The number of hydrogen-bond donors (Lipinski definition) is 3. The summed E-state index contributed by atoms with van der Waals surface area (Å²) in [5, 5.41) is 13.7. The van der Waals surface area contributed by atoms with Crippen LogP contribution in [0, 0.1) is 19.7 Å². The Kier molecular flexibility index (Phi) is 68.7. The van der Waals surface area contributed by atoms with Crippen LogP contribution in [0.1, 0.15) is 114 Å². The van der Waals surface area contributed by atoms with Crippen LogP contribution in [-0.4, -0.2) is 255 Å². The summed E-state index contributed by atoms with van der Waals surface area (Å²) in [4.78, 5) is 45.2. The fourth-order valence-corrected chi connectivity index (χ4v) is 14.4. The lowest BCUT2D eigenvalue weighted by molar-refractivity contribution is -0.692. The van der Waals surface area contributed by atoms with Crippen LogP contribution in [0.15, 0.2) is 195 Å². The first-order valence-corrected chi connectivity index (χ1v) is 49.4. The fraction of sp³-hybridized carbons (Fsp3) is 0.457. The van der Waals surface area contributed by atoms with Gasteiger partial charge in [-0.05, 0) is 268 Å². The number of benzene rings is 4. The smallest absolute Gasteiger partial charge is 0.300 e. The highest BCUT2D eigenvalue weighted by Crippen LogP contribution is 2.23. The van der Waals surface area contributed by atoms with E-state index in [1.54, 1.807) is 0 Å². The number of nitrogens with one attached hydrogen (secondary N) is 2. The molecule has 0 aliphatic carbocycles. The summed E-state index contributed by atoms with van der Waals surface area (Å²) in [6.07, 6.45) is 36.4. The highest BCUT2D eigenvalue weighted by molar-refractivity contribution is 8.77. The molecule has 0 spiro atoms. The molecular formula is C94H148FN13O10S6+2. The van der Waals surface area contributed by atoms with Gasteiger partial charge in [0.1, 0.15) is 18.4 Å². The van der Waals surface area contributed by atoms with Crippen LogP contribution < -0.4 is 43.6 Å². The van der Waals surface area contributed by atoms with Gasteiger partial charge in [-0.3, -0.25) is 14.4 Å².